The molecule has 0 radical (unpaired) electrons. The highest BCUT2D eigenvalue weighted by atomic mass is 16.3. The van der Waals surface area contributed by atoms with E-state index in [2.05, 4.69) is 30.8 Å². The van der Waals surface area contributed by atoms with Crippen LogP contribution in [0.5, 0.6) is 0 Å². The van der Waals surface area contributed by atoms with E-state index in [1.165, 1.54) is 16.3 Å². The van der Waals surface area contributed by atoms with Crippen LogP contribution >= 0.6 is 0 Å². The van der Waals surface area contributed by atoms with Crippen LogP contribution in [-0.2, 0) is 12.0 Å². The Bertz CT molecular complexity index is 565. The predicted octanol–water partition coefficient (Wildman–Crippen LogP) is 3.16. The van der Waals surface area contributed by atoms with Gasteiger partial charge in [-0.15, -0.1) is 6.58 Å². The van der Waals surface area contributed by atoms with Crippen LogP contribution < -0.4 is 0 Å². The van der Waals surface area contributed by atoms with Gasteiger partial charge in [0, 0.05) is 6.42 Å². The van der Waals surface area contributed by atoms with Gasteiger partial charge in [-0.1, -0.05) is 42.5 Å². The number of benzene rings is 2. The lowest BCUT2D eigenvalue weighted by atomic mass is 9.91. The molecule has 80 valence electrons. The van der Waals surface area contributed by atoms with Crippen molar-refractivity contribution in [3.05, 3.63) is 60.2 Å². The second kappa shape index (κ2) is 3.19. The summed E-state index contributed by atoms with van der Waals surface area (Å²) in [5.74, 6) is 0. The van der Waals surface area contributed by atoms with E-state index in [1.54, 1.807) is 6.08 Å². The maximum Gasteiger partial charge on any atom is 0.0977 e. The van der Waals surface area contributed by atoms with E-state index in [4.69, 9.17) is 0 Å². The Morgan fingerprint density at radius 2 is 2.00 bits per heavy atom. The third kappa shape index (κ3) is 1.15. The quantitative estimate of drug-likeness (QED) is 0.755. The molecule has 1 heteroatoms. The predicted molar refractivity (Wildman–Crippen MR) is 66.4 cm³/mol. The smallest absolute Gasteiger partial charge is 0.0977 e. The van der Waals surface area contributed by atoms with Crippen molar-refractivity contribution in [1.82, 2.24) is 0 Å². The van der Waals surface area contributed by atoms with Gasteiger partial charge in [-0.2, -0.15) is 0 Å². The first-order valence-corrected chi connectivity index (χ1v) is 5.59. The molecule has 0 amide bonds. The Morgan fingerprint density at radius 3 is 2.75 bits per heavy atom. The SMILES string of the molecule is C=CCC1(O)Cc2cccc3cccc1c23. The minimum Gasteiger partial charge on any atom is -0.384 e. The Hall–Kier alpha value is -1.60. The van der Waals surface area contributed by atoms with Crippen LogP contribution in [0.3, 0.4) is 0 Å². The first-order chi connectivity index (χ1) is 7.74. The van der Waals surface area contributed by atoms with Gasteiger partial charge in [0.2, 0.25) is 0 Å². The maximum atomic E-state index is 10.7. The minimum absolute atomic E-state index is 0.612. The van der Waals surface area contributed by atoms with Crippen LogP contribution in [0.2, 0.25) is 0 Å². The van der Waals surface area contributed by atoms with Crippen molar-refractivity contribution in [1.29, 1.82) is 0 Å². The monoisotopic (exact) mass is 210 g/mol. The van der Waals surface area contributed by atoms with E-state index in [0.717, 1.165) is 5.56 Å². The molecule has 3 rings (SSSR count). The molecule has 0 heterocycles. The van der Waals surface area contributed by atoms with Crippen molar-refractivity contribution in [3.63, 3.8) is 0 Å². The number of hydrogen-bond donors (Lipinski definition) is 1. The zero-order chi connectivity index (χ0) is 11.2. The fourth-order valence-corrected chi connectivity index (χ4v) is 2.79. The van der Waals surface area contributed by atoms with Gasteiger partial charge in [-0.25, -0.2) is 0 Å². The van der Waals surface area contributed by atoms with E-state index in [0.29, 0.717) is 12.8 Å². The lowest BCUT2D eigenvalue weighted by molar-refractivity contribution is 0.0468. The van der Waals surface area contributed by atoms with Gasteiger partial charge in [0.05, 0.1) is 5.60 Å². The van der Waals surface area contributed by atoms with E-state index in [-0.39, 0.29) is 0 Å². The average molecular weight is 210 g/mol. The normalized spacial score (nSPS) is 22.6. The highest BCUT2D eigenvalue weighted by molar-refractivity contribution is 5.91. The molecule has 0 aromatic heterocycles. The highest BCUT2D eigenvalue weighted by Crippen LogP contribution is 2.42. The summed E-state index contributed by atoms with van der Waals surface area (Å²) in [6.45, 7) is 3.74. The van der Waals surface area contributed by atoms with Crippen LogP contribution in [0.25, 0.3) is 10.8 Å². The molecular formula is C15H14O. The van der Waals surface area contributed by atoms with Gasteiger partial charge < -0.3 is 5.11 Å². The average Bonchev–Trinajstić information content (AvgIpc) is 2.56. The Balaban J connectivity index is 2.32. The van der Waals surface area contributed by atoms with E-state index >= 15 is 0 Å². The Morgan fingerprint density at radius 1 is 1.25 bits per heavy atom. The number of hydrogen-bond acceptors (Lipinski definition) is 1. The van der Waals surface area contributed by atoms with Gasteiger partial charge in [0.25, 0.3) is 0 Å². The Labute approximate surface area is 95.0 Å². The third-order valence-electron chi connectivity index (χ3n) is 3.46. The lowest BCUT2D eigenvalue weighted by Crippen LogP contribution is -2.23. The summed E-state index contributed by atoms with van der Waals surface area (Å²) >= 11 is 0. The van der Waals surface area contributed by atoms with E-state index in [9.17, 15) is 5.11 Å². The van der Waals surface area contributed by atoms with Crippen molar-refractivity contribution in [3.8, 4) is 0 Å². The molecule has 0 spiro atoms. The topological polar surface area (TPSA) is 20.2 Å². The van der Waals surface area contributed by atoms with Crippen molar-refractivity contribution in [2.45, 2.75) is 18.4 Å². The van der Waals surface area contributed by atoms with Gasteiger partial charge in [0.1, 0.15) is 0 Å². The lowest BCUT2D eigenvalue weighted by Gasteiger charge is -2.22. The first kappa shape index (κ1) is 9.61. The highest BCUT2D eigenvalue weighted by Gasteiger charge is 2.36. The summed E-state index contributed by atoms with van der Waals surface area (Å²) in [5, 5.41) is 13.1. The molecule has 2 aromatic carbocycles. The summed E-state index contributed by atoms with van der Waals surface area (Å²) in [5.41, 5.74) is 1.56. The van der Waals surface area contributed by atoms with Crippen molar-refractivity contribution < 1.29 is 5.11 Å². The zero-order valence-electron chi connectivity index (χ0n) is 9.11. The molecule has 1 aliphatic rings. The Kier molecular flexibility index (Phi) is 1.92. The molecule has 0 fully saturated rings. The zero-order valence-corrected chi connectivity index (χ0v) is 9.11. The van der Waals surface area contributed by atoms with Gasteiger partial charge in [0.15, 0.2) is 0 Å². The van der Waals surface area contributed by atoms with Crippen molar-refractivity contribution in [2.24, 2.45) is 0 Å². The van der Waals surface area contributed by atoms with E-state index < -0.39 is 5.60 Å². The number of aliphatic hydroxyl groups is 1. The van der Waals surface area contributed by atoms with Crippen LogP contribution in [0.15, 0.2) is 49.1 Å². The van der Waals surface area contributed by atoms with Crippen LogP contribution in [0.1, 0.15) is 17.5 Å². The molecule has 0 saturated heterocycles. The van der Waals surface area contributed by atoms with Gasteiger partial charge in [-0.3, -0.25) is 0 Å². The summed E-state index contributed by atoms with van der Waals surface area (Å²) in [7, 11) is 0. The summed E-state index contributed by atoms with van der Waals surface area (Å²) in [6, 6.07) is 12.4. The second-order valence-electron chi connectivity index (χ2n) is 4.52. The minimum atomic E-state index is -0.745. The molecule has 16 heavy (non-hydrogen) atoms. The molecule has 1 unspecified atom stereocenters. The molecule has 1 N–H and O–H groups in total. The standard InChI is InChI=1S/C15H14O/c1-2-9-15(16)10-12-7-3-5-11-6-4-8-13(15)14(11)12/h2-8,16H,1,9-10H2. The molecule has 1 atom stereocenters. The molecule has 1 nitrogen and oxygen atoms in total. The third-order valence-corrected chi connectivity index (χ3v) is 3.46. The largest absolute Gasteiger partial charge is 0.384 e. The molecule has 2 aromatic rings. The maximum absolute atomic E-state index is 10.7. The molecule has 0 bridgehead atoms. The molecule has 0 saturated carbocycles. The summed E-state index contributed by atoms with van der Waals surface area (Å²) in [4.78, 5) is 0. The van der Waals surface area contributed by atoms with Crippen molar-refractivity contribution >= 4 is 10.8 Å². The summed E-state index contributed by atoms with van der Waals surface area (Å²) < 4.78 is 0. The van der Waals surface area contributed by atoms with Crippen LogP contribution in [-0.4, -0.2) is 5.11 Å². The second-order valence-corrected chi connectivity index (χ2v) is 4.52. The van der Waals surface area contributed by atoms with Gasteiger partial charge in [-0.05, 0) is 28.3 Å². The fourth-order valence-electron chi connectivity index (χ4n) is 2.79. The fraction of sp³-hybridized carbons (Fsp3) is 0.200. The van der Waals surface area contributed by atoms with Crippen molar-refractivity contribution in [2.75, 3.05) is 0 Å². The number of rotatable bonds is 2. The molecule has 0 aliphatic heterocycles. The van der Waals surface area contributed by atoms with E-state index in [1.807, 2.05) is 12.1 Å². The summed E-state index contributed by atoms with van der Waals surface area (Å²) in [6.07, 6.45) is 3.11. The van der Waals surface area contributed by atoms with Crippen LogP contribution in [0, 0.1) is 0 Å². The molecule has 1 aliphatic carbocycles. The molecular weight excluding hydrogens is 196 g/mol. The first-order valence-electron chi connectivity index (χ1n) is 5.59. The van der Waals surface area contributed by atoms with Gasteiger partial charge >= 0.3 is 0 Å². The van der Waals surface area contributed by atoms with Crippen LogP contribution in [0.4, 0.5) is 0 Å².